The van der Waals surface area contributed by atoms with Gasteiger partial charge in [-0.1, -0.05) is 0 Å². The van der Waals surface area contributed by atoms with Crippen LogP contribution in [-0.4, -0.2) is 17.1 Å². The molecule has 4 nitrogen and oxygen atoms in total. The van der Waals surface area contributed by atoms with E-state index >= 15 is 0 Å². The van der Waals surface area contributed by atoms with Crippen LogP contribution >= 0.6 is 0 Å². The fourth-order valence-corrected chi connectivity index (χ4v) is 1.04. The van der Waals surface area contributed by atoms with Gasteiger partial charge < -0.3 is 9.15 Å². The molecular weight excluding hydrogens is 156 g/mol. The maximum absolute atomic E-state index is 5.28. The predicted octanol–water partition coefficient (Wildman–Crippen LogP) is 1.54. The van der Waals surface area contributed by atoms with Crippen molar-refractivity contribution in [2.24, 2.45) is 0 Å². The second kappa shape index (κ2) is 2.48. The van der Waals surface area contributed by atoms with Crippen molar-refractivity contribution in [3.8, 4) is 5.88 Å². The smallest absolute Gasteiger partial charge is 0.216 e. The van der Waals surface area contributed by atoms with Gasteiger partial charge in [0.1, 0.15) is 5.52 Å². The number of pyridine rings is 1. The minimum atomic E-state index is 0.540. The molecule has 0 N–H and O–H groups in total. The summed E-state index contributed by atoms with van der Waals surface area (Å²) in [7, 11) is 1.57. The van der Waals surface area contributed by atoms with E-state index in [4.69, 9.17) is 9.15 Å². The number of hydrogen-bond acceptors (Lipinski definition) is 4. The van der Waals surface area contributed by atoms with E-state index in [1.165, 1.54) is 0 Å². The number of methoxy groups -OCH3 is 1. The molecule has 2 aromatic heterocycles. The van der Waals surface area contributed by atoms with E-state index in [9.17, 15) is 0 Å². The zero-order valence-electron chi connectivity index (χ0n) is 6.87. The Morgan fingerprint density at radius 3 is 3.08 bits per heavy atom. The number of rotatable bonds is 1. The Morgan fingerprint density at radius 2 is 2.33 bits per heavy atom. The molecule has 2 heterocycles. The quantitative estimate of drug-likeness (QED) is 0.641. The standard InChI is InChI=1S/C8H8N2O2/c1-5-10-6-4-9-8(11-2)3-7(6)12-5/h3-4H,1-2H3. The highest BCUT2D eigenvalue weighted by atomic mass is 16.5. The Bertz CT molecular complexity index is 408. The van der Waals surface area contributed by atoms with Gasteiger partial charge >= 0.3 is 0 Å². The molecule has 2 rings (SSSR count). The summed E-state index contributed by atoms with van der Waals surface area (Å²) in [6.07, 6.45) is 1.63. The van der Waals surface area contributed by atoms with Gasteiger partial charge in [0.05, 0.1) is 13.3 Å². The van der Waals surface area contributed by atoms with Gasteiger partial charge in [-0.25, -0.2) is 9.97 Å². The third-order valence-electron chi connectivity index (χ3n) is 1.57. The Kier molecular flexibility index (Phi) is 1.46. The highest BCUT2D eigenvalue weighted by Gasteiger charge is 2.03. The molecule has 62 valence electrons. The number of nitrogens with zero attached hydrogens (tertiary/aromatic N) is 2. The normalized spacial score (nSPS) is 10.5. The van der Waals surface area contributed by atoms with Crippen LogP contribution in [0.1, 0.15) is 5.89 Å². The summed E-state index contributed by atoms with van der Waals surface area (Å²) in [5.41, 5.74) is 1.47. The number of fused-ring (bicyclic) bond motifs is 1. The molecule has 0 atom stereocenters. The molecule has 0 amide bonds. The maximum Gasteiger partial charge on any atom is 0.216 e. The molecule has 0 saturated carbocycles. The minimum absolute atomic E-state index is 0.540. The first kappa shape index (κ1) is 7.09. The molecule has 0 fully saturated rings. The fourth-order valence-electron chi connectivity index (χ4n) is 1.04. The summed E-state index contributed by atoms with van der Waals surface area (Å²) in [6, 6.07) is 1.72. The van der Waals surface area contributed by atoms with Crippen molar-refractivity contribution in [1.29, 1.82) is 0 Å². The summed E-state index contributed by atoms with van der Waals surface area (Å²) in [4.78, 5) is 8.10. The number of oxazole rings is 1. The van der Waals surface area contributed by atoms with Gasteiger partial charge in [-0.05, 0) is 0 Å². The zero-order chi connectivity index (χ0) is 8.55. The van der Waals surface area contributed by atoms with Crippen molar-refractivity contribution >= 4 is 11.1 Å². The maximum atomic E-state index is 5.28. The summed E-state index contributed by atoms with van der Waals surface area (Å²) in [5, 5.41) is 0. The van der Waals surface area contributed by atoms with Crippen LogP contribution in [0.15, 0.2) is 16.7 Å². The molecule has 0 radical (unpaired) electrons. The molecular formula is C8H8N2O2. The molecule has 12 heavy (non-hydrogen) atoms. The van der Waals surface area contributed by atoms with Crippen molar-refractivity contribution in [2.45, 2.75) is 6.92 Å². The largest absolute Gasteiger partial charge is 0.481 e. The second-order valence-corrected chi connectivity index (χ2v) is 2.43. The first-order valence-electron chi connectivity index (χ1n) is 3.57. The first-order valence-corrected chi connectivity index (χ1v) is 3.57. The number of aromatic nitrogens is 2. The third kappa shape index (κ3) is 1.01. The molecule has 0 bridgehead atoms. The van der Waals surface area contributed by atoms with Crippen LogP contribution in [0.3, 0.4) is 0 Å². The molecule has 0 saturated heterocycles. The van der Waals surface area contributed by atoms with E-state index in [-0.39, 0.29) is 0 Å². The van der Waals surface area contributed by atoms with Crippen molar-refractivity contribution in [2.75, 3.05) is 7.11 Å². The lowest BCUT2D eigenvalue weighted by Gasteiger charge is -1.94. The zero-order valence-corrected chi connectivity index (χ0v) is 6.87. The summed E-state index contributed by atoms with van der Waals surface area (Å²) in [5.74, 6) is 1.18. The Morgan fingerprint density at radius 1 is 1.50 bits per heavy atom. The van der Waals surface area contributed by atoms with Crippen LogP contribution in [0.5, 0.6) is 5.88 Å². The van der Waals surface area contributed by atoms with Gasteiger partial charge in [-0.2, -0.15) is 0 Å². The average molecular weight is 164 g/mol. The average Bonchev–Trinajstić information content (AvgIpc) is 2.43. The highest BCUT2D eigenvalue weighted by molar-refractivity contribution is 5.72. The summed E-state index contributed by atoms with van der Waals surface area (Å²) < 4.78 is 10.2. The van der Waals surface area contributed by atoms with Crippen LogP contribution in [-0.2, 0) is 0 Å². The van der Waals surface area contributed by atoms with Crippen molar-refractivity contribution in [1.82, 2.24) is 9.97 Å². The second-order valence-electron chi connectivity index (χ2n) is 2.43. The highest BCUT2D eigenvalue weighted by Crippen LogP contribution is 2.17. The van der Waals surface area contributed by atoms with Gasteiger partial charge in [0, 0.05) is 13.0 Å². The van der Waals surface area contributed by atoms with E-state index in [0.29, 0.717) is 17.4 Å². The number of hydrogen-bond donors (Lipinski definition) is 0. The molecule has 0 aliphatic rings. The van der Waals surface area contributed by atoms with Gasteiger partial charge in [-0.3, -0.25) is 0 Å². The molecule has 0 spiro atoms. The Labute approximate surface area is 69.2 Å². The van der Waals surface area contributed by atoms with Gasteiger partial charge in [0.2, 0.25) is 5.88 Å². The lowest BCUT2D eigenvalue weighted by Crippen LogP contribution is -1.85. The van der Waals surface area contributed by atoms with Crippen LogP contribution in [0, 0.1) is 6.92 Å². The van der Waals surface area contributed by atoms with Crippen LogP contribution < -0.4 is 4.74 Å². The van der Waals surface area contributed by atoms with Crippen molar-refractivity contribution < 1.29 is 9.15 Å². The van der Waals surface area contributed by atoms with Gasteiger partial charge in [0.25, 0.3) is 0 Å². The number of aryl methyl sites for hydroxylation is 1. The molecule has 2 aromatic rings. The van der Waals surface area contributed by atoms with E-state index < -0.39 is 0 Å². The van der Waals surface area contributed by atoms with E-state index in [1.807, 2.05) is 0 Å². The number of ether oxygens (including phenoxy) is 1. The Balaban J connectivity index is 2.66. The summed E-state index contributed by atoms with van der Waals surface area (Å²) >= 11 is 0. The van der Waals surface area contributed by atoms with Gasteiger partial charge in [0.15, 0.2) is 11.5 Å². The van der Waals surface area contributed by atoms with E-state index in [1.54, 1.807) is 26.3 Å². The third-order valence-corrected chi connectivity index (χ3v) is 1.57. The van der Waals surface area contributed by atoms with Crippen molar-refractivity contribution in [3.05, 3.63) is 18.2 Å². The molecule has 0 aliphatic heterocycles. The van der Waals surface area contributed by atoms with Crippen LogP contribution in [0.25, 0.3) is 11.1 Å². The summed E-state index contributed by atoms with van der Waals surface area (Å²) in [6.45, 7) is 1.80. The SMILES string of the molecule is COc1cc2oc(C)nc2cn1. The predicted molar refractivity (Wildman–Crippen MR) is 43.1 cm³/mol. The van der Waals surface area contributed by atoms with E-state index in [0.717, 1.165) is 5.52 Å². The first-order chi connectivity index (χ1) is 5.79. The fraction of sp³-hybridized carbons (Fsp3) is 0.250. The lowest BCUT2D eigenvalue weighted by atomic mass is 10.4. The topological polar surface area (TPSA) is 48.2 Å². The molecule has 4 heteroatoms. The van der Waals surface area contributed by atoms with E-state index in [2.05, 4.69) is 9.97 Å². The van der Waals surface area contributed by atoms with Gasteiger partial charge in [-0.15, -0.1) is 0 Å². The monoisotopic (exact) mass is 164 g/mol. The Hall–Kier alpha value is -1.58. The molecule has 0 aromatic carbocycles. The molecule has 0 unspecified atom stereocenters. The minimum Gasteiger partial charge on any atom is -0.481 e. The van der Waals surface area contributed by atoms with Crippen LogP contribution in [0.2, 0.25) is 0 Å². The molecule has 0 aliphatic carbocycles. The van der Waals surface area contributed by atoms with Crippen molar-refractivity contribution in [3.63, 3.8) is 0 Å². The van der Waals surface area contributed by atoms with Crippen LogP contribution in [0.4, 0.5) is 0 Å². The lowest BCUT2D eigenvalue weighted by molar-refractivity contribution is 0.397.